The summed E-state index contributed by atoms with van der Waals surface area (Å²) in [7, 11) is 0. The van der Waals surface area contributed by atoms with Crippen molar-refractivity contribution < 1.29 is 9.13 Å². The van der Waals surface area contributed by atoms with Gasteiger partial charge in [0.1, 0.15) is 18.2 Å². The smallest absolute Gasteiger partial charge is 0.133 e. The molecule has 90 valence electrons. The molecule has 0 atom stereocenters. The van der Waals surface area contributed by atoms with Crippen molar-refractivity contribution >= 4 is 15.9 Å². The predicted octanol–water partition coefficient (Wildman–Crippen LogP) is 3.36. The molecule has 0 spiro atoms. The molecule has 0 bridgehead atoms. The van der Waals surface area contributed by atoms with Crippen molar-refractivity contribution in [2.24, 2.45) is 0 Å². The molecule has 0 aliphatic rings. The van der Waals surface area contributed by atoms with Crippen molar-refractivity contribution in [1.29, 1.82) is 0 Å². The summed E-state index contributed by atoms with van der Waals surface area (Å²) in [6.07, 6.45) is 0. The number of ether oxygens (including phenoxy) is 1. The molecule has 16 heavy (non-hydrogen) atoms. The molecule has 0 heterocycles. The van der Waals surface area contributed by atoms with Crippen LogP contribution >= 0.6 is 15.9 Å². The van der Waals surface area contributed by atoms with Gasteiger partial charge in [0, 0.05) is 12.1 Å². The second-order valence-electron chi connectivity index (χ2n) is 4.60. The van der Waals surface area contributed by atoms with Gasteiger partial charge in [-0.2, -0.15) is 0 Å². The minimum atomic E-state index is -0.271. The highest BCUT2D eigenvalue weighted by Crippen LogP contribution is 2.25. The van der Waals surface area contributed by atoms with Crippen LogP contribution in [-0.2, 0) is 0 Å². The third-order valence-electron chi connectivity index (χ3n) is 1.91. The van der Waals surface area contributed by atoms with Crippen LogP contribution in [0.15, 0.2) is 22.7 Å². The van der Waals surface area contributed by atoms with E-state index >= 15 is 0 Å². The Morgan fingerprint density at radius 3 is 2.62 bits per heavy atom. The molecule has 1 N–H and O–H groups in total. The van der Waals surface area contributed by atoms with E-state index < -0.39 is 0 Å². The van der Waals surface area contributed by atoms with Crippen molar-refractivity contribution in [3.63, 3.8) is 0 Å². The van der Waals surface area contributed by atoms with E-state index in [1.807, 2.05) is 0 Å². The minimum absolute atomic E-state index is 0.0867. The highest BCUT2D eigenvalue weighted by molar-refractivity contribution is 9.10. The van der Waals surface area contributed by atoms with Gasteiger partial charge >= 0.3 is 0 Å². The van der Waals surface area contributed by atoms with Crippen LogP contribution in [0.25, 0.3) is 0 Å². The topological polar surface area (TPSA) is 21.3 Å². The van der Waals surface area contributed by atoms with Crippen LogP contribution in [-0.4, -0.2) is 18.7 Å². The SMILES string of the molecule is CC(C)(C)NCCOc1ccc(F)cc1Br. The first-order valence-corrected chi connectivity index (χ1v) is 6.01. The standard InChI is InChI=1S/C12H17BrFNO/c1-12(2,3)15-6-7-16-11-5-4-9(14)8-10(11)13/h4-5,8,15H,6-7H2,1-3H3. The average molecular weight is 290 g/mol. The lowest BCUT2D eigenvalue weighted by atomic mass is 10.1. The Bertz CT molecular complexity index is 349. The minimum Gasteiger partial charge on any atom is -0.491 e. The third-order valence-corrected chi connectivity index (χ3v) is 2.53. The molecule has 0 aliphatic carbocycles. The van der Waals surface area contributed by atoms with Crippen LogP contribution in [0, 0.1) is 5.82 Å². The Kier molecular flexibility index (Phi) is 4.74. The molecule has 2 nitrogen and oxygen atoms in total. The van der Waals surface area contributed by atoms with Crippen molar-refractivity contribution in [1.82, 2.24) is 5.32 Å². The van der Waals surface area contributed by atoms with Crippen LogP contribution < -0.4 is 10.1 Å². The van der Waals surface area contributed by atoms with Gasteiger partial charge < -0.3 is 10.1 Å². The van der Waals surface area contributed by atoms with Crippen LogP contribution in [0.2, 0.25) is 0 Å². The summed E-state index contributed by atoms with van der Waals surface area (Å²) >= 11 is 3.25. The fraction of sp³-hybridized carbons (Fsp3) is 0.500. The molecular weight excluding hydrogens is 273 g/mol. The Morgan fingerprint density at radius 2 is 2.06 bits per heavy atom. The second kappa shape index (κ2) is 5.64. The molecule has 0 saturated heterocycles. The number of rotatable bonds is 4. The van der Waals surface area contributed by atoms with E-state index in [-0.39, 0.29) is 11.4 Å². The summed E-state index contributed by atoms with van der Waals surface area (Å²) in [4.78, 5) is 0. The average Bonchev–Trinajstić information content (AvgIpc) is 2.13. The summed E-state index contributed by atoms with van der Waals surface area (Å²) in [5.74, 6) is 0.393. The number of nitrogens with one attached hydrogen (secondary N) is 1. The van der Waals surface area contributed by atoms with Gasteiger partial charge in [-0.3, -0.25) is 0 Å². The monoisotopic (exact) mass is 289 g/mol. The van der Waals surface area contributed by atoms with E-state index in [9.17, 15) is 4.39 Å². The van der Waals surface area contributed by atoms with Gasteiger partial charge in [-0.05, 0) is 54.9 Å². The molecule has 0 amide bonds. The molecular formula is C12H17BrFNO. The zero-order valence-corrected chi connectivity index (χ0v) is 11.4. The van der Waals surface area contributed by atoms with E-state index in [4.69, 9.17) is 4.74 Å². The van der Waals surface area contributed by atoms with E-state index in [1.54, 1.807) is 6.07 Å². The molecule has 4 heteroatoms. The molecule has 0 aliphatic heterocycles. The molecule has 1 rings (SSSR count). The molecule has 0 unspecified atom stereocenters. The van der Waals surface area contributed by atoms with E-state index in [0.29, 0.717) is 16.8 Å². The second-order valence-corrected chi connectivity index (χ2v) is 5.45. The molecule has 0 fully saturated rings. The Labute approximate surface area is 104 Å². The van der Waals surface area contributed by atoms with Crippen molar-refractivity contribution in [2.75, 3.05) is 13.2 Å². The lowest BCUT2D eigenvalue weighted by molar-refractivity contribution is 0.289. The maximum Gasteiger partial charge on any atom is 0.133 e. The summed E-state index contributed by atoms with van der Waals surface area (Å²) < 4.78 is 18.9. The summed E-state index contributed by atoms with van der Waals surface area (Å²) in [5.41, 5.74) is 0.0867. The van der Waals surface area contributed by atoms with Crippen LogP contribution in [0.1, 0.15) is 20.8 Å². The number of hydrogen-bond acceptors (Lipinski definition) is 2. The first-order chi connectivity index (χ1) is 7.38. The maximum atomic E-state index is 12.8. The van der Waals surface area contributed by atoms with Gasteiger partial charge in [0.05, 0.1) is 4.47 Å². The van der Waals surface area contributed by atoms with Gasteiger partial charge in [0.2, 0.25) is 0 Å². The molecule has 0 aromatic heterocycles. The quantitative estimate of drug-likeness (QED) is 0.859. The van der Waals surface area contributed by atoms with Gasteiger partial charge in [-0.25, -0.2) is 4.39 Å². The number of halogens is 2. The Hall–Kier alpha value is -0.610. The largest absolute Gasteiger partial charge is 0.491 e. The first-order valence-electron chi connectivity index (χ1n) is 5.21. The van der Waals surface area contributed by atoms with Crippen LogP contribution in [0.3, 0.4) is 0 Å². The molecule has 1 aromatic carbocycles. The summed E-state index contributed by atoms with van der Waals surface area (Å²) in [6, 6.07) is 4.40. The predicted molar refractivity (Wildman–Crippen MR) is 67.4 cm³/mol. The van der Waals surface area contributed by atoms with Gasteiger partial charge in [-0.15, -0.1) is 0 Å². The zero-order valence-electron chi connectivity index (χ0n) is 9.81. The maximum absolute atomic E-state index is 12.8. The van der Waals surface area contributed by atoms with Gasteiger partial charge in [0.25, 0.3) is 0 Å². The number of benzene rings is 1. The van der Waals surface area contributed by atoms with E-state index in [0.717, 1.165) is 6.54 Å². The highest BCUT2D eigenvalue weighted by Gasteiger charge is 2.08. The molecule has 1 aromatic rings. The zero-order chi connectivity index (χ0) is 12.2. The fourth-order valence-corrected chi connectivity index (χ4v) is 1.64. The third kappa shape index (κ3) is 4.94. The molecule has 0 radical (unpaired) electrons. The van der Waals surface area contributed by atoms with Crippen LogP contribution in [0.4, 0.5) is 4.39 Å². The van der Waals surface area contributed by atoms with Crippen molar-refractivity contribution in [2.45, 2.75) is 26.3 Å². The Balaban J connectivity index is 2.38. The van der Waals surface area contributed by atoms with E-state index in [2.05, 4.69) is 42.0 Å². The van der Waals surface area contributed by atoms with Crippen molar-refractivity contribution in [3.05, 3.63) is 28.5 Å². The summed E-state index contributed by atoms with van der Waals surface area (Å²) in [5, 5.41) is 3.31. The number of hydrogen-bond donors (Lipinski definition) is 1. The van der Waals surface area contributed by atoms with Crippen molar-refractivity contribution in [3.8, 4) is 5.75 Å². The normalized spacial score (nSPS) is 11.6. The lowest BCUT2D eigenvalue weighted by Crippen LogP contribution is -2.38. The van der Waals surface area contributed by atoms with Gasteiger partial charge in [-0.1, -0.05) is 0 Å². The highest BCUT2D eigenvalue weighted by atomic mass is 79.9. The molecule has 0 saturated carbocycles. The fourth-order valence-electron chi connectivity index (χ4n) is 1.18. The van der Waals surface area contributed by atoms with Crippen LogP contribution in [0.5, 0.6) is 5.75 Å². The summed E-state index contributed by atoms with van der Waals surface area (Å²) in [6.45, 7) is 7.61. The first kappa shape index (κ1) is 13.5. The van der Waals surface area contributed by atoms with Gasteiger partial charge in [0.15, 0.2) is 0 Å². The van der Waals surface area contributed by atoms with E-state index in [1.165, 1.54) is 12.1 Å². The Morgan fingerprint density at radius 1 is 1.38 bits per heavy atom. The lowest BCUT2D eigenvalue weighted by Gasteiger charge is -2.20.